The van der Waals surface area contributed by atoms with Gasteiger partial charge in [0.05, 0.1) is 0 Å². The first kappa shape index (κ1) is 8.24. The molecule has 0 aliphatic heterocycles. The highest BCUT2D eigenvalue weighted by Crippen LogP contribution is 2.21. The average Bonchev–Trinajstić information content (AvgIpc) is 2.12. The van der Waals surface area contributed by atoms with Crippen molar-refractivity contribution in [2.75, 3.05) is 0 Å². The Labute approximate surface area is 78.4 Å². The van der Waals surface area contributed by atoms with Gasteiger partial charge in [0.15, 0.2) is 0 Å². The summed E-state index contributed by atoms with van der Waals surface area (Å²) in [7, 11) is 0. The van der Waals surface area contributed by atoms with E-state index in [1.807, 2.05) is 13.1 Å². The van der Waals surface area contributed by atoms with Gasteiger partial charge in [-0.1, -0.05) is 12.1 Å². The van der Waals surface area contributed by atoms with Crippen LogP contribution < -0.4 is 0 Å². The van der Waals surface area contributed by atoms with Crippen LogP contribution in [0, 0.1) is 20.8 Å². The minimum absolute atomic E-state index is 1.08. The van der Waals surface area contributed by atoms with Gasteiger partial charge in [-0.2, -0.15) is 0 Å². The molecule has 1 aromatic heterocycles. The second kappa shape index (κ2) is 2.84. The zero-order valence-electron chi connectivity index (χ0n) is 8.26. The number of aryl methyl sites for hydroxylation is 3. The first-order valence-electron chi connectivity index (χ1n) is 4.51. The van der Waals surface area contributed by atoms with Gasteiger partial charge >= 0.3 is 0 Å². The number of benzene rings is 1. The van der Waals surface area contributed by atoms with E-state index in [-0.39, 0.29) is 0 Å². The second-order valence-electron chi connectivity index (χ2n) is 3.57. The van der Waals surface area contributed by atoms with E-state index < -0.39 is 0 Å². The first-order chi connectivity index (χ1) is 6.18. The van der Waals surface area contributed by atoms with Crippen molar-refractivity contribution in [3.05, 3.63) is 41.2 Å². The summed E-state index contributed by atoms with van der Waals surface area (Å²) in [6, 6.07) is 6.46. The van der Waals surface area contributed by atoms with Crippen LogP contribution in [0.25, 0.3) is 10.8 Å². The number of aromatic nitrogens is 1. The molecule has 13 heavy (non-hydrogen) atoms. The van der Waals surface area contributed by atoms with Crippen molar-refractivity contribution in [2.45, 2.75) is 20.8 Å². The molecular formula is C12H13N. The maximum absolute atomic E-state index is 4.31. The molecule has 66 valence electrons. The van der Waals surface area contributed by atoms with E-state index in [9.17, 15) is 0 Å². The summed E-state index contributed by atoms with van der Waals surface area (Å²) in [5.74, 6) is 0. The van der Waals surface area contributed by atoms with Gasteiger partial charge in [-0.3, -0.25) is 4.98 Å². The quantitative estimate of drug-likeness (QED) is 0.593. The molecule has 0 atom stereocenters. The molecule has 1 heteroatoms. The lowest BCUT2D eigenvalue weighted by Crippen LogP contribution is -1.86. The fourth-order valence-electron chi connectivity index (χ4n) is 1.63. The van der Waals surface area contributed by atoms with Crippen LogP contribution in [-0.4, -0.2) is 4.98 Å². The van der Waals surface area contributed by atoms with Crippen LogP contribution in [0.4, 0.5) is 0 Å². The van der Waals surface area contributed by atoms with Crippen molar-refractivity contribution in [2.24, 2.45) is 0 Å². The highest BCUT2D eigenvalue weighted by atomic mass is 14.7. The minimum Gasteiger partial charge on any atom is -0.261 e. The number of rotatable bonds is 0. The van der Waals surface area contributed by atoms with Gasteiger partial charge in [0.25, 0.3) is 0 Å². The summed E-state index contributed by atoms with van der Waals surface area (Å²) in [6.45, 7) is 6.29. The van der Waals surface area contributed by atoms with Gasteiger partial charge in [0.1, 0.15) is 0 Å². The molecule has 0 saturated carbocycles. The largest absolute Gasteiger partial charge is 0.261 e. The Hall–Kier alpha value is -1.37. The summed E-state index contributed by atoms with van der Waals surface area (Å²) in [5, 5.41) is 2.60. The Morgan fingerprint density at radius 3 is 2.23 bits per heavy atom. The molecule has 0 N–H and O–H groups in total. The predicted molar refractivity (Wildman–Crippen MR) is 56.0 cm³/mol. The monoisotopic (exact) mass is 171 g/mol. The zero-order valence-corrected chi connectivity index (χ0v) is 8.26. The summed E-state index contributed by atoms with van der Waals surface area (Å²) in [4.78, 5) is 4.31. The van der Waals surface area contributed by atoms with Gasteiger partial charge in [0, 0.05) is 17.3 Å². The molecule has 0 unspecified atom stereocenters. The van der Waals surface area contributed by atoms with Gasteiger partial charge in [-0.25, -0.2) is 0 Å². The molecule has 0 aliphatic carbocycles. The molecule has 2 aromatic rings. The molecule has 1 nitrogen and oxygen atoms in total. The summed E-state index contributed by atoms with van der Waals surface area (Å²) < 4.78 is 0. The third-order valence-corrected chi connectivity index (χ3v) is 2.47. The van der Waals surface area contributed by atoms with E-state index in [0.29, 0.717) is 0 Å². The molecular weight excluding hydrogens is 158 g/mol. The summed E-state index contributed by atoms with van der Waals surface area (Å²) in [6.07, 6.45) is 1.97. The van der Waals surface area contributed by atoms with E-state index in [1.54, 1.807) is 0 Å². The van der Waals surface area contributed by atoms with E-state index in [2.05, 4.69) is 37.0 Å². The molecule has 1 heterocycles. The lowest BCUT2D eigenvalue weighted by Gasteiger charge is -2.05. The number of nitrogens with zero attached hydrogens (tertiary/aromatic N) is 1. The van der Waals surface area contributed by atoms with Crippen molar-refractivity contribution in [1.82, 2.24) is 4.98 Å². The maximum atomic E-state index is 4.31. The molecule has 0 fully saturated rings. The van der Waals surface area contributed by atoms with Crippen molar-refractivity contribution >= 4 is 10.8 Å². The zero-order chi connectivity index (χ0) is 9.42. The van der Waals surface area contributed by atoms with Crippen LogP contribution in [0.3, 0.4) is 0 Å². The lowest BCUT2D eigenvalue weighted by atomic mass is 10.0. The van der Waals surface area contributed by atoms with Gasteiger partial charge in [-0.15, -0.1) is 0 Å². The SMILES string of the molecule is Cc1cc2c(C)ccc(C)c2cn1. The number of pyridine rings is 1. The van der Waals surface area contributed by atoms with Crippen molar-refractivity contribution in [1.29, 1.82) is 0 Å². The van der Waals surface area contributed by atoms with E-state index in [1.165, 1.54) is 21.9 Å². The molecule has 0 radical (unpaired) electrons. The smallest absolute Gasteiger partial charge is 0.0379 e. The van der Waals surface area contributed by atoms with Crippen molar-refractivity contribution in [3.8, 4) is 0 Å². The van der Waals surface area contributed by atoms with Crippen molar-refractivity contribution in [3.63, 3.8) is 0 Å². The molecule has 0 amide bonds. The van der Waals surface area contributed by atoms with Gasteiger partial charge < -0.3 is 0 Å². The summed E-state index contributed by atoms with van der Waals surface area (Å²) in [5.41, 5.74) is 3.71. The van der Waals surface area contributed by atoms with E-state index in [0.717, 1.165) is 5.69 Å². The molecule has 1 aromatic carbocycles. The Morgan fingerprint density at radius 1 is 0.923 bits per heavy atom. The van der Waals surface area contributed by atoms with Crippen molar-refractivity contribution < 1.29 is 0 Å². The molecule has 2 rings (SSSR count). The molecule has 0 aliphatic rings. The third kappa shape index (κ3) is 1.31. The van der Waals surface area contributed by atoms with Gasteiger partial charge in [-0.05, 0) is 43.4 Å². The Balaban J connectivity index is 2.92. The predicted octanol–water partition coefficient (Wildman–Crippen LogP) is 3.16. The van der Waals surface area contributed by atoms with Crippen LogP contribution in [0.5, 0.6) is 0 Å². The molecule has 0 bridgehead atoms. The Morgan fingerprint density at radius 2 is 1.54 bits per heavy atom. The van der Waals surface area contributed by atoms with Crippen LogP contribution in [0.1, 0.15) is 16.8 Å². The van der Waals surface area contributed by atoms with Crippen LogP contribution in [0.2, 0.25) is 0 Å². The standard InChI is InChI=1S/C12H13N/c1-8-4-5-9(2)12-7-13-10(3)6-11(8)12/h4-7H,1-3H3. The maximum Gasteiger partial charge on any atom is 0.0379 e. The second-order valence-corrected chi connectivity index (χ2v) is 3.57. The van der Waals surface area contributed by atoms with Gasteiger partial charge in [0.2, 0.25) is 0 Å². The lowest BCUT2D eigenvalue weighted by molar-refractivity contribution is 1.22. The first-order valence-corrected chi connectivity index (χ1v) is 4.51. The van der Waals surface area contributed by atoms with Crippen LogP contribution in [0.15, 0.2) is 24.4 Å². The average molecular weight is 171 g/mol. The Bertz CT molecular complexity index is 458. The van der Waals surface area contributed by atoms with E-state index >= 15 is 0 Å². The normalized spacial score (nSPS) is 10.7. The highest BCUT2D eigenvalue weighted by molar-refractivity contribution is 5.87. The third-order valence-electron chi connectivity index (χ3n) is 2.47. The molecule has 0 saturated heterocycles. The molecule has 0 spiro atoms. The summed E-state index contributed by atoms with van der Waals surface area (Å²) >= 11 is 0. The number of hydrogen-bond donors (Lipinski definition) is 0. The topological polar surface area (TPSA) is 12.9 Å². The minimum atomic E-state index is 1.08. The fourth-order valence-corrected chi connectivity index (χ4v) is 1.63. The number of fused-ring (bicyclic) bond motifs is 1. The van der Waals surface area contributed by atoms with Crippen LogP contribution >= 0.6 is 0 Å². The van der Waals surface area contributed by atoms with E-state index in [4.69, 9.17) is 0 Å². The fraction of sp³-hybridized carbons (Fsp3) is 0.250. The van der Waals surface area contributed by atoms with Crippen LogP contribution in [-0.2, 0) is 0 Å². The Kier molecular flexibility index (Phi) is 1.80. The highest BCUT2D eigenvalue weighted by Gasteiger charge is 2.00. The number of hydrogen-bond acceptors (Lipinski definition) is 1.